The van der Waals surface area contributed by atoms with E-state index in [1.165, 1.54) is 0 Å². The van der Waals surface area contributed by atoms with Gasteiger partial charge in [0.25, 0.3) is 0 Å². The van der Waals surface area contributed by atoms with Crippen LogP contribution in [-0.2, 0) is 4.79 Å². The number of carboxylic acid groups (broad SMARTS) is 1. The number of halogens is 5. The molecule has 0 aliphatic heterocycles. The average Bonchev–Trinajstić information content (AvgIpc) is 2.23. The molecule has 0 aromatic heterocycles. The molecule has 0 fully saturated rings. The summed E-state index contributed by atoms with van der Waals surface area (Å²) in [6.07, 6.45) is -0.0931. The van der Waals surface area contributed by atoms with Crippen LogP contribution in [0.4, 0.5) is 4.39 Å². The third-order valence-corrected chi connectivity index (χ3v) is 3.48. The van der Waals surface area contributed by atoms with E-state index in [2.05, 4.69) is 0 Å². The normalized spacial score (nSPS) is 11.7. The van der Waals surface area contributed by atoms with Crippen LogP contribution < -0.4 is 0 Å². The molecular weight excluding hydrogens is 301 g/mol. The highest BCUT2D eigenvalue weighted by atomic mass is 35.5. The molecule has 0 saturated carbocycles. The van der Waals surface area contributed by atoms with E-state index in [0.29, 0.717) is 0 Å². The maximum atomic E-state index is 12.4. The zero-order valence-electron chi connectivity index (χ0n) is 7.40. The zero-order valence-corrected chi connectivity index (χ0v) is 10.4. The van der Waals surface area contributed by atoms with Gasteiger partial charge in [-0.1, -0.05) is 46.4 Å². The Morgan fingerprint density at radius 2 is 1.75 bits per heavy atom. The van der Waals surface area contributed by atoms with E-state index >= 15 is 0 Å². The van der Waals surface area contributed by atoms with Crippen LogP contribution in [0.15, 0.2) is 12.4 Å². The largest absolute Gasteiger partial charge is 0.478 e. The minimum absolute atomic E-state index is 0.00772. The summed E-state index contributed by atoms with van der Waals surface area (Å²) in [5, 5.41) is 8.41. The molecule has 2 nitrogen and oxygen atoms in total. The van der Waals surface area contributed by atoms with Crippen molar-refractivity contribution in [3.63, 3.8) is 0 Å². The lowest BCUT2D eigenvalue weighted by Gasteiger charge is -2.08. The number of rotatable bonds is 2. The minimum atomic E-state index is -1.49. The van der Waals surface area contributed by atoms with Crippen molar-refractivity contribution in [1.82, 2.24) is 0 Å². The first-order valence-corrected chi connectivity index (χ1v) is 5.28. The fourth-order valence-electron chi connectivity index (χ4n) is 0.990. The van der Waals surface area contributed by atoms with Crippen LogP contribution in [0.3, 0.4) is 0 Å². The predicted octanol–water partition coefficient (Wildman–Crippen LogP) is 4.70. The highest BCUT2D eigenvalue weighted by molar-refractivity contribution is 6.52. The standard InChI is InChI=1S/C9H3Cl4FO2/c10-5-1-3(4(2-14)9(15)16)6(11)8(13)7(5)12/h1-2H,(H,15,16)/b4-2-. The molecule has 0 spiro atoms. The number of hydrogen-bond acceptors (Lipinski definition) is 1. The smallest absolute Gasteiger partial charge is 0.338 e. The molecule has 0 bridgehead atoms. The molecule has 1 aromatic carbocycles. The lowest BCUT2D eigenvalue weighted by Crippen LogP contribution is -2.00. The first-order valence-electron chi connectivity index (χ1n) is 3.77. The van der Waals surface area contributed by atoms with Crippen molar-refractivity contribution >= 4 is 57.9 Å². The first-order chi connectivity index (χ1) is 7.40. The third-order valence-electron chi connectivity index (χ3n) is 1.73. The summed E-state index contributed by atoms with van der Waals surface area (Å²) < 4.78 is 12.4. The number of hydrogen-bond donors (Lipinski definition) is 1. The van der Waals surface area contributed by atoms with Gasteiger partial charge >= 0.3 is 5.97 Å². The topological polar surface area (TPSA) is 37.3 Å². The van der Waals surface area contributed by atoms with Crippen LogP contribution in [0.2, 0.25) is 20.1 Å². The van der Waals surface area contributed by atoms with E-state index in [4.69, 9.17) is 51.5 Å². The van der Waals surface area contributed by atoms with Gasteiger partial charge in [-0.2, -0.15) is 0 Å². The van der Waals surface area contributed by atoms with Crippen molar-refractivity contribution in [1.29, 1.82) is 0 Å². The van der Waals surface area contributed by atoms with E-state index in [1.54, 1.807) is 0 Å². The van der Waals surface area contributed by atoms with Crippen LogP contribution in [0.25, 0.3) is 5.57 Å². The molecular formula is C9H3Cl4FO2. The Balaban J connectivity index is 3.53. The Hall–Kier alpha value is -0.480. The summed E-state index contributed by atoms with van der Waals surface area (Å²) >= 11 is 22.8. The van der Waals surface area contributed by atoms with Gasteiger partial charge in [-0.15, -0.1) is 0 Å². The monoisotopic (exact) mass is 302 g/mol. The van der Waals surface area contributed by atoms with Gasteiger partial charge in [0, 0.05) is 5.56 Å². The number of carboxylic acids is 1. The Kier molecular flexibility index (Phi) is 4.44. The second-order valence-electron chi connectivity index (χ2n) is 2.68. The van der Waals surface area contributed by atoms with E-state index in [9.17, 15) is 9.18 Å². The van der Waals surface area contributed by atoms with Crippen molar-refractivity contribution < 1.29 is 14.3 Å². The molecule has 7 heteroatoms. The molecule has 0 radical (unpaired) electrons. The summed E-state index contributed by atoms with van der Waals surface area (Å²) in [7, 11) is 0. The fraction of sp³-hybridized carbons (Fsp3) is 0. The van der Waals surface area contributed by atoms with E-state index < -0.39 is 11.5 Å². The molecule has 1 rings (SSSR count). The van der Waals surface area contributed by atoms with Crippen molar-refractivity contribution in [2.45, 2.75) is 0 Å². The lowest BCUT2D eigenvalue weighted by molar-refractivity contribution is -0.130. The van der Waals surface area contributed by atoms with Crippen LogP contribution in [0.1, 0.15) is 5.56 Å². The van der Waals surface area contributed by atoms with Gasteiger partial charge in [-0.25, -0.2) is 9.18 Å². The highest BCUT2D eigenvalue weighted by Crippen LogP contribution is 2.40. The molecule has 1 aromatic rings. The van der Waals surface area contributed by atoms with Crippen molar-refractivity contribution in [2.24, 2.45) is 0 Å². The second-order valence-corrected chi connectivity index (χ2v) is 4.22. The van der Waals surface area contributed by atoms with Gasteiger partial charge in [0.2, 0.25) is 0 Å². The zero-order chi connectivity index (χ0) is 12.5. The fourth-order valence-corrected chi connectivity index (χ4v) is 1.89. The van der Waals surface area contributed by atoms with Crippen molar-refractivity contribution in [2.75, 3.05) is 0 Å². The Morgan fingerprint density at radius 1 is 1.19 bits per heavy atom. The third kappa shape index (κ3) is 2.43. The van der Waals surface area contributed by atoms with E-state index in [-0.39, 0.29) is 32.0 Å². The maximum Gasteiger partial charge on any atom is 0.338 e. The number of aliphatic carboxylic acids is 1. The highest BCUT2D eigenvalue weighted by Gasteiger charge is 2.20. The number of benzene rings is 1. The van der Waals surface area contributed by atoms with Gasteiger partial charge in [0.05, 0.1) is 25.7 Å². The summed E-state index contributed by atoms with van der Waals surface area (Å²) in [4.78, 5) is 10.7. The maximum absolute atomic E-state index is 12.4. The molecule has 0 amide bonds. The summed E-state index contributed by atoms with van der Waals surface area (Å²) in [6, 6.07) is 1.14. The van der Waals surface area contributed by atoms with Crippen molar-refractivity contribution in [3.8, 4) is 0 Å². The predicted molar refractivity (Wildman–Crippen MR) is 63.2 cm³/mol. The van der Waals surface area contributed by atoms with Crippen LogP contribution in [0, 0.1) is 0 Å². The van der Waals surface area contributed by atoms with Crippen LogP contribution in [-0.4, -0.2) is 11.1 Å². The molecule has 0 aliphatic rings. The van der Waals surface area contributed by atoms with Gasteiger partial charge in [0.15, 0.2) is 0 Å². The number of carbonyl (C=O) groups is 1. The molecule has 0 atom stereocenters. The Bertz CT molecular complexity index is 485. The van der Waals surface area contributed by atoms with Gasteiger partial charge in [-0.3, -0.25) is 0 Å². The van der Waals surface area contributed by atoms with E-state index in [1.807, 2.05) is 0 Å². The summed E-state index contributed by atoms with van der Waals surface area (Å²) in [5.74, 6) is -1.49. The molecule has 0 aliphatic carbocycles. The lowest BCUT2D eigenvalue weighted by atomic mass is 10.1. The van der Waals surface area contributed by atoms with Crippen LogP contribution in [0.5, 0.6) is 0 Å². The summed E-state index contributed by atoms with van der Waals surface area (Å²) in [6.45, 7) is 0. The average molecular weight is 304 g/mol. The van der Waals surface area contributed by atoms with E-state index in [0.717, 1.165) is 6.07 Å². The molecule has 0 heterocycles. The molecule has 0 unspecified atom stereocenters. The van der Waals surface area contributed by atoms with Gasteiger partial charge in [0.1, 0.15) is 6.33 Å². The second kappa shape index (κ2) is 5.23. The Morgan fingerprint density at radius 3 is 2.19 bits per heavy atom. The van der Waals surface area contributed by atoms with Crippen molar-refractivity contribution in [3.05, 3.63) is 38.1 Å². The molecule has 0 saturated heterocycles. The molecule has 86 valence electrons. The SMILES string of the molecule is O=C(O)/C(=C\F)c1cc(Cl)c(Cl)c(Cl)c1Cl. The summed E-state index contributed by atoms with van der Waals surface area (Å²) in [5.41, 5.74) is -0.776. The van der Waals surface area contributed by atoms with Gasteiger partial charge in [-0.05, 0) is 6.07 Å². The minimum Gasteiger partial charge on any atom is -0.478 e. The van der Waals surface area contributed by atoms with Gasteiger partial charge < -0.3 is 5.11 Å². The Labute approximate surface area is 110 Å². The molecule has 16 heavy (non-hydrogen) atoms. The molecule has 1 N–H and O–H groups in total. The van der Waals surface area contributed by atoms with Crippen LogP contribution >= 0.6 is 46.4 Å². The quantitative estimate of drug-likeness (QED) is 0.489. The first kappa shape index (κ1) is 13.6.